The van der Waals surface area contributed by atoms with Gasteiger partial charge in [0.2, 0.25) is 15.9 Å². The highest BCUT2D eigenvalue weighted by Crippen LogP contribution is 2.27. The van der Waals surface area contributed by atoms with Crippen molar-refractivity contribution in [3.8, 4) is 0 Å². The van der Waals surface area contributed by atoms with Gasteiger partial charge in [-0.1, -0.05) is 6.92 Å². The predicted octanol–water partition coefficient (Wildman–Crippen LogP) is 1.45. The van der Waals surface area contributed by atoms with Gasteiger partial charge in [-0.3, -0.25) is 9.48 Å². The van der Waals surface area contributed by atoms with Gasteiger partial charge in [0.05, 0.1) is 11.4 Å². The highest BCUT2D eigenvalue weighted by atomic mass is 32.2. The maximum Gasteiger partial charge on any atom is 0.246 e. The van der Waals surface area contributed by atoms with E-state index in [4.69, 9.17) is 0 Å². The zero-order valence-electron chi connectivity index (χ0n) is 15.2. The molecule has 136 valence electrons. The van der Waals surface area contributed by atoms with Crippen LogP contribution in [0.5, 0.6) is 0 Å². The molecule has 24 heavy (non-hydrogen) atoms. The van der Waals surface area contributed by atoms with Gasteiger partial charge in [0.15, 0.2) is 0 Å². The van der Waals surface area contributed by atoms with Crippen LogP contribution >= 0.6 is 0 Å². The Morgan fingerprint density at radius 1 is 1.29 bits per heavy atom. The molecule has 0 radical (unpaired) electrons. The first-order valence-electron chi connectivity index (χ1n) is 8.46. The van der Waals surface area contributed by atoms with Crippen LogP contribution in [0.2, 0.25) is 0 Å². The van der Waals surface area contributed by atoms with Crippen molar-refractivity contribution in [3.63, 3.8) is 0 Å². The van der Waals surface area contributed by atoms with Gasteiger partial charge in [0.25, 0.3) is 0 Å². The fourth-order valence-electron chi connectivity index (χ4n) is 3.07. The summed E-state index contributed by atoms with van der Waals surface area (Å²) in [6.07, 6.45) is 1.75. The van der Waals surface area contributed by atoms with Crippen LogP contribution in [-0.2, 0) is 21.4 Å². The molecule has 0 saturated carbocycles. The molecule has 0 aromatic carbocycles. The summed E-state index contributed by atoms with van der Waals surface area (Å²) in [5, 5.41) is 7.08. The van der Waals surface area contributed by atoms with E-state index in [0.29, 0.717) is 30.4 Å². The molecule has 0 unspecified atom stereocenters. The normalized spacial score (nSPS) is 17.4. The Morgan fingerprint density at radius 3 is 2.42 bits per heavy atom. The lowest BCUT2D eigenvalue weighted by Crippen LogP contribution is -2.38. The average molecular weight is 356 g/mol. The molecule has 1 aliphatic heterocycles. The van der Waals surface area contributed by atoms with E-state index in [1.165, 1.54) is 4.68 Å². The number of carbonyl (C=O) groups is 1. The lowest BCUT2D eigenvalue weighted by molar-refractivity contribution is -0.122. The van der Waals surface area contributed by atoms with Crippen LogP contribution in [0.3, 0.4) is 0 Å². The summed E-state index contributed by atoms with van der Waals surface area (Å²) in [6, 6.07) is 0.0352. The molecular formula is C16H28N4O3S. The van der Waals surface area contributed by atoms with Crippen molar-refractivity contribution < 1.29 is 13.2 Å². The van der Waals surface area contributed by atoms with Gasteiger partial charge in [0, 0.05) is 19.1 Å². The fourth-order valence-corrected chi connectivity index (χ4v) is 4.91. The molecule has 0 bridgehead atoms. The minimum Gasteiger partial charge on any atom is -0.352 e. The smallest absolute Gasteiger partial charge is 0.246 e. The number of hydrogen-bond acceptors (Lipinski definition) is 4. The van der Waals surface area contributed by atoms with Crippen molar-refractivity contribution in [2.45, 2.75) is 64.9 Å². The number of nitrogens with zero attached hydrogens (tertiary/aromatic N) is 3. The first-order chi connectivity index (χ1) is 11.1. The van der Waals surface area contributed by atoms with Crippen molar-refractivity contribution in [2.75, 3.05) is 13.1 Å². The third-order valence-corrected chi connectivity index (χ3v) is 6.55. The predicted molar refractivity (Wildman–Crippen MR) is 92.1 cm³/mol. The number of aromatic nitrogens is 2. The number of nitrogens with one attached hydrogen (secondary N) is 1. The monoisotopic (exact) mass is 356 g/mol. The summed E-state index contributed by atoms with van der Waals surface area (Å²) in [5.41, 5.74) is 0.966. The molecule has 1 aromatic rings. The van der Waals surface area contributed by atoms with Crippen LogP contribution < -0.4 is 5.32 Å². The average Bonchev–Trinajstić information content (AvgIpc) is 2.73. The Balaban J connectivity index is 2.26. The third kappa shape index (κ3) is 3.97. The summed E-state index contributed by atoms with van der Waals surface area (Å²) >= 11 is 0. The lowest BCUT2D eigenvalue weighted by Gasteiger charge is -2.29. The Hall–Kier alpha value is -1.41. The summed E-state index contributed by atoms with van der Waals surface area (Å²) in [5.74, 6) is 0.382. The van der Waals surface area contributed by atoms with E-state index in [2.05, 4.69) is 17.3 Å². The molecular weight excluding hydrogens is 328 g/mol. The molecule has 8 heteroatoms. The maximum atomic E-state index is 13.0. The second-order valence-corrected chi connectivity index (χ2v) is 8.84. The van der Waals surface area contributed by atoms with E-state index in [1.54, 1.807) is 18.2 Å². The second kappa shape index (κ2) is 7.23. The number of carbonyl (C=O) groups excluding carboxylic acids is 1. The van der Waals surface area contributed by atoms with Gasteiger partial charge >= 0.3 is 0 Å². The highest BCUT2D eigenvalue weighted by molar-refractivity contribution is 7.89. The molecule has 0 atom stereocenters. The molecule has 1 aliphatic rings. The first kappa shape index (κ1) is 18.9. The number of amides is 1. The van der Waals surface area contributed by atoms with E-state index < -0.39 is 10.0 Å². The molecule has 1 saturated heterocycles. The number of aryl methyl sites for hydroxylation is 1. The molecule has 2 heterocycles. The second-order valence-electron chi connectivity index (χ2n) is 6.97. The Morgan fingerprint density at radius 2 is 1.88 bits per heavy atom. The van der Waals surface area contributed by atoms with E-state index in [9.17, 15) is 13.2 Å². The Labute approximate surface area is 144 Å². The molecule has 7 nitrogen and oxygen atoms in total. The summed E-state index contributed by atoms with van der Waals surface area (Å²) in [6.45, 7) is 10.4. The van der Waals surface area contributed by atoms with Crippen LogP contribution in [0, 0.1) is 19.8 Å². The Bertz CT molecular complexity index is 701. The summed E-state index contributed by atoms with van der Waals surface area (Å²) in [7, 11) is -3.57. The standard InChI is InChI=1S/C16H28N4O3S/c1-11(2)17-15(21)10-20-14(5)16(13(4)18-20)24(22,23)19-8-6-12(3)7-9-19/h11-12H,6-10H2,1-5H3,(H,17,21). The van der Waals surface area contributed by atoms with Gasteiger partial charge in [-0.05, 0) is 46.5 Å². The van der Waals surface area contributed by atoms with Crippen molar-refractivity contribution in [1.82, 2.24) is 19.4 Å². The fraction of sp³-hybridized carbons (Fsp3) is 0.750. The topological polar surface area (TPSA) is 84.3 Å². The SMILES string of the molecule is Cc1nn(CC(=O)NC(C)C)c(C)c1S(=O)(=O)N1CCC(C)CC1. The van der Waals surface area contributed by atoms with Crippen LogP contribution in [0.4, 0.5) is 0 Å². The molecule has 1 N–H and O–H groups in total. The molecule has 1 aromatic heterocycles. The van der Waals surface area contributed by atoms with E-state index in [-0.39, 0.29) is 23.4 Å². The van der Waals surface area contributed by atoms with Crippen molar-refractivity contribution in [1.29, 1.82) is 0 Å². The van der Waals surface area contributed by atoms with Crippen LogP contribution in [-0.4, -0.2) is 47.5 Å². The molecule has 1 amide bonds. The molecule has 0 aliphatic carbocycles. The van der Waals surface area contributed by atoms with Gasteiger partial charge in [-0.25, -0.2) is 8.42 Å². The number of rotatable bonds is 5. The number of sulfonamides is 1. The first-order valence-corrected chi connectivity index (χ1v) is 9.90. The van der Waals surface area contributed by atoms with E-state index >= 15 is 0 Å². The third-order valence-electron chi connectivity index (χ3n) is 4.40. The van der Waals surface area contributed by atoms with Crippen molar-refractivity contribution >= 4 is 15.9 Å². The quantitative estimate of drug-likeness (QED) is 0.865. The van der Waals surface area contributed by atoms with E-state index in [0.717, 1.165) is 12.8 Å². The van der Waals surface area contributed by atoms with Crippen LogP contribution in [0.1, 0.15) is 45.0 Å². The zero-order valence-corrected chi connectivity index (χ0v) is 16.0. The minimum absolute atomic E-state index is 0.0252. The summed E-state index contributed by atoms with van der Waals surface area (Å²) in [4.78, 5) is 12.2. The largest absolute Gasteiger partial charge is 0.352 e. The molecule has 0 spiro atoms. The summed E-state index contributed by atoms with van der Waals surface area (Å²) < 4.78 is 29.0. The zero-order chi connectivity index (χ0) is 18.1. The minimum atomic E-state index is -3.57. The van der Waals surface area contributed by atoms with Crippen LogP contribution in [0.15, 0.2) is 4.90 Å². The molecule has 2 rings (SSSR count). The van der Waals surface area contributed by atoms with Gasteiger partial charge in [-0.2, -0.15) is 9.40 Å². The maximum absolute atomic E-state index is 13.0. The van der Waals surface area contributed by atoms with Gasteiger partial charge in [-0.15, -0.1) is 0 Å². The van der Waals surface area contributed by atoms with Crippen LogP contribution in [0.25, 0.3) is 0 Å². The number of hydrogen-bond donors (Lipinski definition) is 1. The lowest BCUT2D eigenvalue weighted by atomic mass is 10.0. The van der Waals surface area contributed by atoms with Gasteiger partial charge in [0.1, 0.15) is 11.4 Å². The highest BCUT2D eigenvalue weighted by Gasteiger charge is 2.33. The van der Waals surface area contributed by atoms with Gasteiger partial charge < -0.3 is 5.32 Å². The number of piperidine rings is 1. The van der Waals surface area contributed by atoms with Crippen molar-refractivity contribution in [3.05, 3.63) is 11.4 Å². The van der Waals surface area contributed by atoms with Crippen molar-refractivity contribution in [2.24, 2.45) is 5.92 Å². The molecule has 1 fully saturated rings. The van der Waals surface area contributed by atoms with E-state index in [1.807, 2.05) is 13.8 Å². The Kier molecular flexibility index (Phi) is 5.70.